The summed E-state index contributed by atoms with van der Waals surface area (Å²) < 4.78 is 30.6. The van der Waals surface area contributed by atoms with Crippen LogP contribution in [0.1, 0.15) is 50.6 Å². The Morgan fingerprint density at radius 1 is 1.11 bits per heavy atom. The highest BCUT2D eigenvalue weighted by Crippen LogP contribution is 2.27. The number of hydrogen-bond donors (Lipinski definition) is 2. The van der Waals surface area contributed by atoms with Crippen molar-refractivity contribution in [2.75, 3.05) is 43.9 Å². The minimum atomic E-state index is -3.64. The summed E-state index contributed by atoms with van der Waals surface area (Å²) in [5.74, 6) is 0. The first-order valence-electron chi connectivity index (χ1n) is 12.6. The lowest BCUT2D eigenvalue weighted by atomic mass is 10.1. The van der Waals surface area contributed by atoms with E-state index in [1.807, 2.05) is 51.0 Å². The zero-order chi connectivity index (χ0) is 26.5. The van der Waals surface area contributed by atoms with E-state index >= 15 is 0 Å². The highest BCUT2D eigenvalue weighted by molar-refractivity contribution is 7.90. The van der Waals surface area contributed by atoms with Gasteiger partial charge in [-0.15, -0.1) is 0 Å². The molecule has 0 aliphatic carbocycles. The lowest BCUT2D eigenvalue weighted by Gasteiger charge is -2.26. The fourth-order valence-corrected chi connectivity index (χ4v) is 5.79. The predicted octanol–water partition coefficient (Wildman–Crippen LogP) is 4.17. The molecule has 3 aromatic rings. The van der Waals surface area contributed by atoms with Gasteiger partial charge in [0.05, 0.1) is 23.3 Å². The van der Waals surface area contributed by atoms with Gasteiger partial charge in [-0.2, -0.15) is 22.9 Å². The van der Waals surface area contributed by atoms with Gasteiger partial charge in [0.2, 0.25) is 0 Å². The van der Waals surface area contributed by atoms with Crippen LogP contribution >= 0.6 is 0 Å². The van der Waals surface area contributed by atoms with Gasteiger partial charge in [0, 0.05) is 56.4 Å². The van der Waals surface area contributed by atoms with Crippen LogP contribution < -0.4 is 9.62 Å². The second kappa shape index (κ2) is 12.0. The van der Waals surface area contributed by atoms with Crippen LogP contribution in [0.4, 0.5) is 11.4 Å². The minimum absolute atomic E-state index is 0.110. The third-order valence-electron chi connectivity index (χ3n) is 6.37. The SMILES string of the molecule is CCCCN(C(C)C)S(=O)(=O)Nc1ccc2[nH]c(C)c(CCN(C)Cc3cc(N(C)C)cnn3)c2c1. The first kappa shape index (κ1) is 27.9. The van der Waals surface area contributed by atoms with Gasteiger partial charge in [-0.25, -0.2) is 0 Å². The normalized spacial score (nSPS) is 12.3. The van der Waals surface area contributed by atoms with Crippen molar-refractivity contribution in [3.63, 3.8) is 0 Å². The third kappa shape index (κ3) is 6.96. The molecule has 198 valence electrons. The van der Waals surface area contributed by atoms with Crippen LogP contribution in [0.15, 0.2) is 30.5 Å². The molecule has 1 aromatic carbocycles. The van der Waals surface area contributed by atoms with E-state index in [1.165, 1.54) is 9.87 Å². The first-order valence-corrected chi connectivity index (χ1v) is 14.0. The maximum Gasteiger partial charge on any atom is 0.301 e. The van der Waals surface area contributed by atoms with Gasteiger partial charge in [0.1, 0.15) is 0 Å². The summed E-state index contributed by atoms with van der Waals surface area (Å²) in [6.07, 6.45) is 4.36. The van der Waals surface area contributed by atoms with Crippen LogP contribution in [-0.2, 0) is 23.2 Å². The number of aryl methyl sites for hydroxylation is 1. The number of anilines is 2. The Hall–Kier alpha value is -2.69. The number of aromatic amines is 1. The van der Waals surface area contributed by atoms with Crippen LogP contribution in [0.5, 0.6) is 0 Å². The lowest BCUT2D eigenvalue weighted by molar-refractivity contribution is 0.326. The van der Waals surface area contributed by atoms with E-state index in [1.54, 1.807) is 6.20 Å². The molecule has 0 fully saturated rings. The number of nitrogens with zero attached hydrogens (tertiary/aromatic N) is 5. The monoisotopic (exact) mass is 515 g/mol. The molecule has 0 saturated carbocycles. The Labute approximate surface area is 216 Å². The zero-order valence-corrected chi connectivity index (χ0v) is 23.5. The van der Waals surface area contributed by atoms with Crippen molar-refractivity contribution in [1.82, 2.24) is 24.4 Å². The summed E-state index contributed by atoms with van der Waals surface area (Å²) in [7, 11) is 2.41. The molecule has 9 nitrogen and oxygen atoms in total. The number of hydrogen-bond acceptors (Lipinski definition) is 6. The summed E-state index contributed by atoms with van der Waals surface area (Å²) in [6.45, 7) is 9.98. The predicted molar refractivity (Wildman–Crippen MR) is 149 cm³/mol. The topological polar surface area (TPSA) is 97.5 Å². The van der Waals surface area contributed by atoms with Gasteiger partial charge in [-0.1, -0.05) is 13.3 Å². The summed E-state index contributed by atoms with van der Waals surface area (Å²) in [6, 6.07) is 7.65. The molecule has 0 saturated heterocycles. The molecule has 0 radical (unpaired) electrons. The number of fused-ring (bicyclic) bond motifs is 1. The number of H-pyrrole nitrogens is 1. The van der Waals surface area contributed by atoms with Crippen LogP contribution in [0, 0.1) is 6.92 Å². The van der Waals surface area contributed by atoms with E-state index < -0.39 is 10.2 Å². The van der Waals surface area contributed by atoms with Crippen LogP contribution in [0.3, 0.4) is 0 Å². The van der Waals surface area contributed by atoms with Crippen molar-refractivity contribution in [3.8, 4) is 0 Å². The summed E-state index contributed by atoms with van der Waals surface area (Å²) in [5.41, 5.74) is 5.83. The molecule has 2 aromatic heterocycles. The standard InChI is InChI=1S/C26H41N7O2S/c1-8-9-13-33(19(2)3)36(34,35)30-21-10-11-26-25(16-21)24(20(4)28-26)12-14-32(7)18-22-15-23(31(5)6)17-27-29-22/h10-11,15-17,19,28,30H,8-9,12-14,18H2,1-7H3. The highest BCUT2D eigenvalue weighted by atomic mass is 32.2. The molecular weight excluding hydrogens is 474 g/mol. The van der Waals surface area contributed by atoms with E-state index in [0.29, 0.717) is 18.8 Å². The van der Waals surface area contributed by atoms with Gasteiger partial charge < -0.3 is 14.8 Å². The minimum Gasteiger partial charge on any atom is -0.376 e. The molecule has 10 heteroatoms. The van der Waals surface area contributed by atoms with E-state index in [9.17, 15) is 8.42 Å². The molecule has 0 amide bonds. The molecule has 0 aliphatic rings. The van der Waals surface area contributed by atoms with E-state index in [-0.39, 0.29) is 6.04 Å². The second-order valence-electron chi connectivity index (χ2n) is 9.94. The molecular formula is C26H41N7O2S. The smallest absolute Gasteiger partial charge is 0.301 e. The van der Waals surface area contributed by atoms with Crippen molar-refractivity contribution in [1.29, 1.82) is 0 Å². The van der Waals surface area contributed by atoms with E-state index in [2.05, 4.69) is 51.8 Å². The Balaban J connectivity index is 1.75. The molecule has 0 atom stereocenters. The van der Waals surface area contributed by atoms with Gasteiger partial charge in [-0.05, 0) is 70.5 Å². The number of aromatic nitrogens is 3. The Kier molecular flexibility index (Phi) is 9.32. The van der Waals surface area contributed by atoms with Crippen molar-refractivity contribution < 1.29 is 8.42 Å². The van der Waals surface area contributed by atoms with Crippen molar-refractivity contribution in [2.24, 2.45) is 0 Å². The summed E-state index contributed by atoms with van der Waals surface area (Å²) in [4.78, 5) is 7.69. The van der Waals surface area contributed by atoms with Gasteiger partial charge in [0.25, 0.3) is 0 Å². The fourth-order valence-electron chi connectivity index (χ4n) is 4.32. The Morgan fingerprint density at radius 3 is 2.53 bits per heavy atom. The number of nitrogens with one attached hydrogen (secondary N) is 2. The molecule has 3 rings (SSSR count). The average Bonchev–Trinajstić information content (AvgIpc) is 3.11. The molecule has 0 bridgehead atoms. The maximum absolute atomic E-state index is 13.1. The molecule has 0 aliphatic heterocycles. The quantitative estimate of drug-likeness (QED) is 0.355. The van der Waals surface area contributed by atoms with E-state index in [4.69, 9.17) is 0 Å². The molecule has 2 heterocycles. The van der Waals surface area contributed by atoms with Crippen molar-refractivity contribution in [2.45, 2.75) is 59.5 Å². The summed E-state index contributed by atoms with van der Waals surface area (Å²) >= 11 is 0. The Morgan fingerprint density at radius 2 is 1.86 bits per heavy atom. The average molecular weight is 516 g/mol. The molecule has 0 spiro atoms. The van der Waals surface area contributed by atoms with Crippen LogP contribution in [0.25, 0.3) is 10.9 Å². The number of likely N-dealkylation sites (N-methyl/N-ethyl adjacent to an activating group) is 1. The van der Waals surface area contributed by atoms with Gasteiger partial charge >= 0.3 is 10.2 Å². The highest BCUT2D eigenvalue weighted by Gasteiger charge is 2.24. The molecule has 2 N–H and O–H groups in total. The summed E-state index contributed by atoms with van der Waals surface area (Å²) in [5, 5.41) is 9.43. The largest absolute Gasteiger partial charge is 0.376 e. The Bertz CT molecular complexity index is 1250. The van der Waals surface area contributed by atoms with Crippen LogP contribution in [0.2, 0.25) is 0 Å². The second-order valence-corrected chi connectivity index (χ2v) is 11.6. The van der Waals surface area contributed by atoms with E-state index in [0.717, 1.165) is 53.8 Å². The lowest BCUT2D eigenvalue weighted by Crippen LogP contribution is -2.41. The van der Waals surface area contributed by atoms with Gasteiger partial charge in [0.15, 0.2) is 0 Å². The number of unbranched alkanes of at least 4 members (excludes halogenated alkanes) is 1. The fraction of sp³-hybridized carbons (Fsp3) is 0.538. The molecule has 36 heavy (non-hydrogen) atoms. The maximum atomic E-state index is 13.1. The van der Waals surface area contributed by atoms with Gasteiger partial charge in [-0.3, -0.25) is 4.72 Å². The third-order valence-corrected chi connectivity index (χ3v) is 8.08. The van der Waals surface area contributed by atoms with Crippen molar-refractivity contribution in [3.05, 3.63) is 47.4 Å². The molecule has 0 unspecified atom stereocenters. The zero-order valence-electron chi connectivity index (χ0n) is 22.7. The van der Waals surface area contributed by atoms with Crippen LogP contribution in [-0.4, -0.2) is 73.1 Å². The number of rotatable bonds is 13. The number of benzene rings is 1. The van der Waals surface area contributed by atoms with Crippen molar-refractivity contribution >= 4 is 32.5 Å². The first-order chi connectivity index (χ1) is 17.0.